The van der Waals surface area contributed by atoms with Crippen LogP contribution in [0, 0.1) is 0 Å². The summed E-state index contributed by atoms with van der Waals surface area (Å²) in [5.41, 5.74) is 8.52. The Kier molecular flexibility index (Phi) is 7.78. The molecule has 0 saturated carbocycles. The van der Waals surface area contributed by atoms with E-state index in [9.17, 15) is 27.9 Å². The number of hydrogen-bond donors (Lipinski definition) is 4. The molecule has 41 heavy (non-hydrogen) atoms. The minimum Gasteiger partial charge on any atom is -0.493 e. The average molecular weight is 611 g/mol. The van der Waals surface area contributed by atoms with Crippen molar-refractivity contribution in [1.29, 1.82) is 0 Å². The third kappa shape index (κ3) is 5.65. The van der Waals surface area contributed by atoms with Gasteiger partial charge in [-0.25, -0.2) is 9.97 Å². The van der Waals surface area contributed by atoms with Crippen molar-refractivity contribution in [3.63, 3.8) is 0 Å². The predicted molar refractivity (Wildman–Crippen MR) is 147 cm³/mol. The van der Waals surface area contributed by atoms with Crippen molar-refractivity contribution in [3.05, 3.63) is 51.2 Å². The molecule has 11 nitrogen and oxygen atoms in total. The number of alkyl halides is 3. The number of nitrogens with zero attached hydrogens (tertiary/aromatic N) is 5. The number of nitrogens with two attached hydrogens (primary N) is 2. The highest BCUT2D eigenvalue weighted by molar-refractivity contribution is 7.99. The molecule has 5 rings (SSSR count). The van der Waals surface area contributed by atoms with Gasteiger partial charge in [-0.15, -0.1) is 0 Å². The minimum absolute atomic E-state index is 0.0384. The lowest BCUT2D eigenvalue weighted by atomic mass is 9.88. The first-order valence-corrected chi connectivity index (χ1v) is 13.9. The molecule has 218 valence electrons. The summed E-state index contributed by atoms with van der Waals surface area (Å²) in [6.07, 6.45) is -1.51. The Morgan fingerprint density at radius 2 is 1.90 bits per heavy atom. The molecule has 4 heterocycles. The van der Waals surface area contributed by atoms with Gasteiger partial charge in [-0.2, -0.15) is 18.2 Å². The fourth-order valence-corrected chi connectivity index (χ4v) is 5.87. The Hall–Kier alpha value is -3.56. The van der Waals surface area contributed by atoms with Gasteiger partial charge in [0.15, 0.2) is 11.4 Å². The van der Waals surface area contributed by atoms with Crippen LogP contribution in [0.1, 0.15) is 41.9 Å². The lowest BCUT2D eigenvalue weighted by molar-refractivity contribution is -0.191. The zero-order valence-electron chi connectivity index (χ0n) is 21.5. The van der Waals surface area contributed by atoms with Crippen LogP contribution in [-0.2, 0) is 13.0 Å². The molecule has 0 radical (unpaired) electrons. The van der Waals surface area contributed by atoms with Crippen LogP contribution in [0.15, 0.2) is 39.1 Å². The van der Waals surface area contributed by atoms with Crippen LogP contribution in [0.25, 0.3) is 0 Å². The number of fused-ring (bicyclic) bond motifs is 1. The lowest BCUT2D eigenvalue weighted by Gasteiger charge is -2.40. The van der Waals surface area contributed by atoms with E-state index in [1.165, 1.54) is 16.8 Å². The van der Waals surface area contributed by atoms with E-state index in [4.69, 9.17) is 23.1 Å². The summed E-state index contributed by atoms with van der Waals surface area (Å²) < 4.78 is 41.1. The van der Waals surface area contributed by atoms with Crippen molar-refractivity contribution >= 4 is 46.6 Å². The van der Waals surface area contributed by atoms with Crippen LogP contribution in [0.4, 0.5) is 30.5 Å². The van der Waals surface area contributed by atoms with E-state index < -0.39 is 34.6 Å². The second-order valence-electron chi connectivity index (χ2n) is 9.87. The Morgan fingerprint density at radius 3 is 2.59 bits per heavy atom. The van der Waals surface area contributed by atoms with Crippen molar-refractivity contribution in [2.45, 2.75) is 60.3 Å². The monoisotopic (exact) mass is 610 g/mol. The zero-order valence-corrected chi connectivity index (χ0v) is 23.1. The van der Waals surface area contributed by atoms with Gasteiger partial charge in [0.25, 0.3) is 11.5 Å². The molecule has 3 aromatic rings. The highest BCUT2D eigenvalue weighted by atomic mass is 35.5. The Morgan fingerprint density at radius 1 is 1.17 bits per heavy atom. The number of aromatic hydroxyl groups is 1. The number of anilines is 3. The standard InChI is InChI=1S/C25H26ClF3N8O3S/c26-18-13(33-20(38)17-21(39)35-15-6-1-2-9-37(15)23(17)40)4-3-5-14(18)41-22-19(30)34-16(12-32-22)36-10-7-24(31,8-11-36)25(27,28)29/h3-5,12,39H,1-2,6-11,31H2,(H2,30,34)(H,33,38). The number of piperidine rings is 1. The molecule has 2 aromatic heterocycles. The maximum absolute atomic E-state index is 13.2. The Balaban J connectivity index is 1.31. The Bertz CT molecular complexity index is 1560. The van der Waals surface area contributed by atoms with Crippen LogP contribution in [0.5, 0.6) is 5.88 Å². The van der Waals surface area contributed by atoms with Gasteiger partial charge in [0.05, 0.1) is 16.9 Å². The quantitative estimate of drug-likeness (QED) is 0.335. The molecular formula is C25H26ClF3N8O3S. The largest absolute Gasteiger partial charge is 0.493 e. The minimum atomic E-state index is -4.49. The van der Waals surface area contributed by atoms with E-state index in [2.05, 4.69) is 20.3 Å². The van der Waals surface area contributed by atoms with E-state index in [1.807, 2.05) is 0 Å². The number of aromatic nitrogens is 4. The predicted octanol–water partition coefficient (Wildman–Crippen LogP) is 3.57. The van der Waals surface area contributed by atoms with E-state index in [0.29, 0.717) is 29.5 Å². The van der Waals surface area contributed by atoms with Gasteiger partial charge < -0.3 is 26.8 Å². The fraction of sp³-hybridized carbons (Fsp3) is 0.400. The van der Waals surface area contributed by atoms with Crippen LogP contribution in [0.3, 0.4) is 0 Å². The number of aryl methyl sites for hydroxylation is 1. The van der Waals surface area contributed by atoms with E-state index in [0.717, 1.165) is 24.6 Å². The first-order chi connectivity index (χ1) is 19.4. The van der Waals surface area contributed by atoms with Crippen molar-refractivity contribution < 1.29 is 23.1 Å². The van der Waals surface area contributed by atoms with Gasteiger partial charge in [0.1, 0.15) is 22.2 Å². The van der Waals surface area contributed by atoms with E-state index in [1.54, 1.807) is 17.0 Å². The molecule has 1 amide bonds. The van der Waals surface area contributed by atoms with E-state index >= 15 is 0 Å². The summed E-state index contributed by atoms with van der Waals surface area (Å²) in [4.78, 5) is 40.7. The fourth-order valence-electron chi connectivity index (χ4n) is 4.77. The number of halogens is 4. The molecule has 1 saturated heterocycles. The maximum atomic E-state index is 13.2. The first-order valence-electron chi connectivity index (χ1n) is 12.7. The number of amides is 1. The number of nitrogens with one attached hydrogen (secondary N) is 1. The van der Waals surface area contributed by atoms with Crippen molar-refractivity contribution in [3.8, 4) is 5.88 Å². The van der Waals surface area contributed by atoms with Crippen molar-refractivity contribution in [1.82, 2.24) is 19.5 Å². The smallest absolute Gasteiger partial charge is 0.406 e. The molecule has 0 unspecified atom stereocenters. The van der Waals surface area contributed by atoms with Gasteiger partial charge in [0.2, 0.25) is 5.88 Å². The zero-order chi connectivity index (χ0) is 29.5. The number of carbonyl (C=O) groups excluding carboxylic acids is 1. The third-order valence-electron chi connectivity index (χ3n) is 7.20. The number of carbonyl (C=O) groups is 1. The molecule has 2 aliphatic rings. The molecule has 0 bridgehead atoms. The van der Waals surface area contributed by atoms with Crippen LogP contribution >= 0.6 is 23.4 Å². The second-order valence-corrected chi connectivity index (χ2v) is 11.3. The van der Waals surface area contributed by atoms with Crippen LogP contribution in [-0.4, -0.2) is 55.3 Å². The summed E-state index contributed by atoms with van der Waals surface area (Å²) in [5.74, 6) is -0.702. The van der Waals surface area contributed by atoms with Crippen molar-refractivity contribution in [2.24, 2.45) is 5.73 Å². The number of rotatable bonds is 5. The Labute approximate surface area is 241 Å². The number of benzene rings is 1. The lowest BCUT2D eigenvalue weighted by Crippen LogP contribution is -2.59. The SMILES string of the molecule is Nc1nc(N2CCC(N)(C(F)(F)F)CC2)cnc1Sc1cccc(NC(=O)c2c(O)nc3n(c2=O)CCCC3)c1Cl. The second kappa shape index (κ2) is 11.0. The number of nitrogen functional groups attached to an aromatic ring is 1. The highest BCUT2D eigenvalue weighted by Gasteiger charge is 2.53. The summed E-state index contributed by atoms with van der Waals surface area (Å²) in [6.45, 7) is 0.501. The topological polar surface area (TPSA) is 165 Å². The number of hydrogen-bond acceptors (Lipinski definition) is 10. The molecule has 0 atom stereocenters. The van der Waals surface area contributed by atoms with E-state index in [-0.39, 0.29) is 47.5 Å². The average Bonchev–Trinajstić information content (AvgIpc) is 2.92. The molecule has 16 heteroatoms. The molecule has 1 fully saturated rings. The van der Waals surface area contributed by atoms with Gasteiger partial charge in [-0.1, -0.05) is 29.4 Å². The molecular weight excluding hydrogens is 585 g/mol. The first kappa shape index (κ1) is 29.0. The summed E-state index contributed by atoms with van der Waals surface area (Å²) >= 11 is 7.62. The van der Waals surface area contributed by atoms with Gasteiger partial charge in [-0.3, -0.25) is 14.2 Å². The van der Waals surface area contributed by atoms with Crippen molar-refractivity contribution in [2.75, 3.05) is 29.0 Å². The molecule has 6 N–H and O–H groups in total. The third-order valence-corrected chi connectivity index (χ3v) is 8.79. The van der Waals surface area contributed by atoms with Crippen LogP contribution in [0.2, 0.25) is 5.02 Å². The van der Waals surface area contributed by atoms with Gasteiger partial charge in [-0.05, 0) is 37.8 Å². The molecule has 0 spiro atoms. The highest BCUT2D eigenvalue weighted by Crippen LogP contribution is 2.40. The molecule has 0 aliphatic carbocycles. The summed E-state index contributed by atoms with van der Waals surface area (Å²) in [7, 11) is 0. The van der Waals surface area contributed by atoms with Crippen LogP contribution < -0.4 is 27.2 Å². The van der Waals surface area contributed by atoms with Gasteiger partial charge >= 0.3 is 6.18 Å². The summed E-state index contributed by atoms with van der Waals surface area (Å²) in [5, 5.41) is 13.3. The molecule has 1 aromatic carbocycles. The summed E-state index contributed by atoms with van der Waals surface area (Å²) in [6, 6.07) is 4.80. The van der Waals surface area contributed by atoms with Gasteiger partial charge in [0, 0.05) is 31.0 Å². The maximum Gasteiger partial charge on any atom is 0.406 e. The normalized spacial score (nSPS) is 16.8. The molecule has 2 aliphatic heterocycles.